The van der Waals surface area contributed by atoms with Gasteiger partial charge in [-0.1, -0.05) is 65.8 Å². The number of phenols is 2. The Bertz CT molecular complexity index is 1540. The van der Waals surface area contributed by atoms with Gasteiger partial charge in [-0.3, -0.25) is 4.79 Å². The van der Waals surface area contributed by atoms with Gasteiger partial charge in [-0.15, -0.1) is 0 Å². The number of hydrogen-bond donors (Lipinski definition) is 5. The Balaban J connectivity index is 2.22. The van der Waals surface area contributed by atoms with Crippen molar-refractivity contribution < 1.29 is 43.9 Å². The lowest BCUT2D eigenvalue weighted by Gasteiger charge is -2.29. The zero-order chi connectivity index (χ0) is 35.7. The van der Waals surface area contributed by atoms with E-state index in [0.29, 0.717) is 17.6 Å². The monoisotopic (exact) mass is 748 g/mol. The predicted octanol–water partition coefficient (Wildman–Crippen LogP) is 6.48. The van der Waals surface area contributed by atoms with Gasteiger partial charge in [0, 0.05) is 40.6 Å². The number of fused-ring (bicyclic) bond motifs is 2. The number of ether oxygens (including phenoxy) is 4. The van der Waals surface area contributed by atoms with Crippen LogP contribution in [0.1, 0.15) is 39.7 Å². The van der Waals surface area contributed by atoms with Gasteiger partial charge >= 0.3 is 6.09 Å². The quantitative estimate of drug-likeness (QED) is 0.125. The van der Waals surface area contributed by atoms with Crippen molar-refractivity contribution >= 4 is 45.4 Å². The van der Waals surface area contributed by atoms with E-state index in [2.05, 4.69) is 21.2 Å². The summed E-state index contributed by atoms with van der Waals surface area (Å²) in [6.45, 7) is 7.07. The first kappa shape index (κ1) is 39.0. The number of aliphatic hydroxyl groups is 1. The number of nitrogens with two attached hydrogens (primary N) is 1. The normalized spacial score (nSPS) is 27.1. The number of phenolic OH excluding ortho intramolecular Hbond substituents is 2. The molecule has 2 aromatic carbocycles. The Morgan fingerprint density at radius 1 is 1.06 bits per heavy atom. The second kappa shape index (κ2) is 17.8. The number of allylic oxidation sites excluding steroid dienone is 2. The van der Waals surface area contributed by atoms with Crippen molar-refractivity contribution in [3.8, 4) is 17.2 Å². The third-order valence-electron chi connectivity index (χ3n) is 8.13. The Labute approximate surface area is 294 Å². The van der Waals surface area contributed by atoms with Crippen molar-refractivity contribution in [1.29, 1.82) is 0 Å². The molecule has 2 amide bonds. The van der Waals surface area contributed by atoms with E-state index in [1.807, 2.05) is 38.1 Å². The average molecular weight is 750 g/mol. The van der Waals surface area contributed by atoms with Crippen LogP contribution in [0.2, 0.25) is 0 Å². The van der Waals surface area contributed by atoms with Crippen LogP contribution in [-0.4, -0.2) is 73.1 Å². The van der Waals surface area contributed by atoms with Gasteiger partial charge in [-0.2, -0.15) is 0 Å². The van der Waals surface area contributed by atoms with Gasteiger partial charge < -0.3 is 45.3 Å². The molecule has 2 bridgehead atoms. The van der Waals surface area contributed by atoms with Crippen LogP contribution in [0, 0.1) is 11.8 Å². The van der Waals surface area contributed by atoms with E-state index in [9.17, 15) is 24.9 Å². The SMILES string of the molecule is COc1c(O)c(Sc2ccc(Br)cc2)c2c(O)c1C[C@@H](C)C[C@H](OC)[C@H](O)[C@@H](C)/C=C(\C)[C@H](OC(N)=O)[C@@H](OC)/C=C\C=C(/C)C(=O)N2. The van der Waals surface area contributed by atoms with Gasteiger partial charge in [0.15, 0.2) is 17.6 Å². The molecule has 0 aliphatic carbocycles. The second-order valence-electron chi connectivity index (χ2n) is 11.8. The van der Waals surface area contributed by atoms with E-state index < -0.39 is 42.3 Å². The molecule has 13 heteroatoms. The van der Waals surface area contributed by atoms with Crippen LogP contribution in [-0.2, 0) is 25.4 Å². The molecule has 0 spiro atoms. The van der Waals surface area contributed by atoms with Crippen LogP contribution in [0.4, 0.5) is 10.5 Å². The summed E-state index contributed by atoms with van der Waals surface area (Å²) in [7, 11) is 4.35. The maximum absolute atomic E-state index is 13.5. The summed E-state index contributed by atoms with van der Waals surface area (Å²) in [5.74, 6) is -1.60. The molecule has 0 saturated heterocycles. The smallest absolute Gasteiger partial charge is 0.405 e. The lowest BCUT2D eigenvalue weighted by molar-refractivity contribution is -0.112. The van der Waals surface area contributed by atoms with Crippen molar-refractivity contribution in [3.63, 3.8) is 0 Å². The number of rotatable bonds is 6. The van der Waals surface area contributed by atoms with Crippen LogP contribution in [0.5, 0.6) is 17.2 Å². The minimum absolute atomic E-state index is 0.0181. The molecule has 2 aromatic rings. The molecule has 6 atom stereocenters. The fourth-order valence-corrected chi connectivity index (χ4v) is 6.78. The lowest BCUT2D eigenvalue weighted by Crippen LogP contribution is -2.37. The molecule has 6 N–H and O–H groups in total. The van der Waals surface area contributed by atoms with Crippen LogP contribution in [0.3, 0.4) is 0 Å². The van der Waals surface area contributed by atoms with Crippen molar-refractivity contribution in [2.75, 3.05) is 26.6 Å². The molecule has 1 aliphatic rings. The molecule has 48 heavy (non-hydrogen) atoms. The van der Waals surface area contributed by atoms with Crippen molar-refractivity contribution in [2.45, 2.75) is 74.7 Å². The molecule has 0 radical (unpaired) electrons. The number of halogens is 1. The van der Waals surface area contributed by atoms with Gasteiger partial charge in [-0.25, -0.2) is 4.79 Å². The molecule has 11 nitrogen and oxygen atoms in total. The van der Waals surface area contributed by atoms with Gasteiger partial charge in [0.05, 0.1) is 24.2 Å². The number of hydrogen-bond acceptors (Lipinski definition) is 10. The topological polar surface area (TPSA) is 170 Å². The lowest BCUT2D eigenvalue weighted by atomic mass is 9.87. The first-order valence-corrected chi connectivity index (χ1v) is 17.0. The fourth-order valence-electron chi connectivity index (χ4n) is 5.57. The van der Waals surface area contributed by atoms with Crippen molar-refractivity contribution in [1.82, 2.24) is 0 Å². The molecule has 0 unspecified atom stereocenters. The molecular weight excluding hydrogens is 704 g/mol. The van der Waals surface area contributed by atoms with Crippen molar-refractivity contribution in [2.24, 2.45) is 17.6 Å². The van der Waals surface area contributed by atoms with E-state index in [1.54, 1.807) is 32.1 Å². The summed E-state index contributed by atoms with van der Waals surface area (Å²) in [6.07, 6.45) is 2.78. The molecule has 262 valence electrons. The highest BCUT2D eigenvalue weighted by atomic mass is 79.9. The minimum atomic E-state index is -0.999. The number of carbonyl (C=O) groups excluding carboxylic acids is 2. The van der Waals surface area contributed by atoms with Crippen LogP contribution >= 0.6 is 27.7 Å². The first-order chi connectivity index (χ1) is 22.7. The predicted molar refractivity (Wildman–Crippen MR) is 189 cm³/mol. The number of methoxy groups -OCH3 is 3. The van der Waals surface area contributed by atoms with Crippen LogP contribution < -0.4 is 15.8 Å². The Morgan fingerprint density at radius 3 is 2.31 bits per heavy atom. The molecular formula is C35H45BrN2O9S. The number of primary amides is 1. The highest BCUT2D eigenvalue weighted by molar-refractivity contribution is 9.10. The van der Waals surface area contributed by atoms with E-state index in [4.69, 9.17) is 24.7 Å². The third kappa shape index (κ3) is 9.79. The second-order valence-corrected chi connectivity index (χ2v) is 13.8. The van der Waals surface area contributed by atoms with E-state index >= 15 is 0 Å². The Hall–Kier alpha value is -3.49. The summed E-state index contributed by atoms with van der Waals surface area (Å²) in [6, 6.07) is 7.34. The zero-order valence-corrected chi connectivity index (χ0v) is 30.6. The third-order valence-corrected chi connectivity index (χ3v) is 9.77. The van der Waals surface area contributed by atoms with E-state index in [1.165, 1.54) is 27.4 Å². The highest BCUT2D eigenvalue weighted by Crippen LogP contribution is 2.53. The summed E-state index contributed by atoms with van der Waals surface area (Å²) in [5, 5.41) is 37.4. The number of benzene rings is 2. The summed E-state index contributed by atoms with van der Waals surface area (Å²) < 4.78 is 23.3. The van der Waals surface area contributed by atoms with E-state index in [-0.39, 0.29) is 45.7 Å². The molecule has 3 rings (SSSR count). The van der Waals surface area contributed by atoms with Crippen LogP contribution in [0.15, 0.2) is 74.0 Å². The fraction of sp³-hybridized carbons (Fsp3) is 0.429. The molecule has 0 saturated carbocycles. The number of anilines is 1. The summed E-state index contributed by atoms with van der Waals surface area (Å²) in [4.78, 5) is 26.3. The molecule has 1 heterocycles. The van der Waals surface area contributed by atoms with Gasteiger partial charge in [0.2, 0.25) is 0 Å². The Morgan fingerprint density at radius 2 is 1.73 bits per heavy atom. The highest BCUT2D eigenvalue weighted by Gasteiger charge is 2.32. The van der Waals surface area contributed by atoms with Crippen molar-refractivity contribution in [3.05, 3.63) is 69.8 Å². The number of aliphatic hydroxyl groups excluding tert-OH is 1. The number of amides is 2. The Kier molecular flexibility index (Phi) is 14.4. The van der Waals surface area contributed by atoms with Gasteiger partial charge in [0.1, 0.15) is 17.5 Å². The maximum Gasteiger partial charge on any atom is 0.405 e. The van der Waals surface area contributed by atoms with Gasteiger partial charge in [0.25, 0.3) is 5.91 Å². The summed E-state index contributed by atoms with van der Waals surface area (Å²) >= 11 is 4.57. The number of carbonyl (C=O) groups is 2. The molecule has 0 aromatic heterocycles. The van der Waals surface area contributed by atoms with E-state index in [0.717, 1.165) is 21.1 Å². The maximum atomic E-state index is 13.5. The van der Waals surface area contributed by atoms with Gasteiger partial charge in [-0.05, 0) is 62.4 Å². The summed E-state index contributed by atoms with van der Waals surface area (Å²) in [5.41, 5.74) is 6.56. The number of nitrogens with one attached hydrogen (secondary N) is 1. The minimum Gasteiger partial charge on any atom is -0.505 e. The number of aromatic hydroxyl groups is 2. The standard InChI is InChI=1S/C35H45BrN2O9S/c1-18-15-24-29(40)27(33(30(41)32(24)46-7)48-23-13-11-22(36)12-14-23)38-34(42)19(2)9-8-10-25(44-5)31(47-35(37)43)21(4)17-20(3)28(39)26(16-18)45-6/h8-14,17-18,20,25-26,28,31,39-41H,15-16H2,1-7H3,(H2,37,43)(H,38,42)/b10-8-,19-9+,21-17+/t18-,20+,25+,26+,28-,31+/m1/s1. The first-order valence-electron chi connectivity index (χ1n) is 15.3. The van der Waals surface area contributed by atoms with Crippen LogP contribution in [0.25, 0.3) is 0 Å². The molecule has 0 fully saturated rings. The molecule has 1 aliphatic heterocycles. The largest absolute Gasteiger partial charge is 0.505 e. The zero-order valence-electron chi connectivity index (χ0n) is 28.2. The average Bonchev–Trinajstić information content (AvgIpc) is 3.04.